The van der Waals surface area contributed by atoms with Gasteiger partial charge in [0.25, 0.3) is 0 Å². The third kappa shape index (κ3) is 6.03. The average Bonchev–Trinajstić information content (AvgIpc) is 2.63. The Kier molecular flexibility index (Phi) is 7.87. The molecule has 0 bridgehead atoms. The van der Waals surface area contributed by atoms with Crippen molar-refractivity contribution in [2.45, 2.75) is 39.5 Å². The molecule has 0 aliphatic carbocycles. The number of amides is 2. The highest BCUT2D eigenvalue weighted by molar-refractivity contribution is 6.00. The number of carbonyl (C=O) groups is 2. The van der Waals surface area contributed by atoms with E-state index in [2.05, 4.69) is 12.2 Å². The summed E-state index contributed by atoms with van der Waals surface area (Å²) in [4.78, 5) is 26.7. The zero-order chi connectivity index (χ0) is 18.8. The molecule has 0 spiro atoms. The van der Waals surface area contributed by atoms with Gasteiger partial charge in [-0.05, 0) is 36.6 Å². The van der Waals surface area contributed by atoms with Crippen LogP contribution in [0.25, 0.3) is 0 Å². The van der Waals surface area contributed by atoms with E-state index >= 15 is 0 Å². The molecule has 0 aliphatic heterocycles. The lowest BCUT2D eigenvalue weighted by atomic mass is 10.0. The number of hydrogen-bond donors (Lipinski definition) is 1. The Balaban J connectivity index is 2.04. The fourth-order valence-electron chi connectivity index (χ4n) is 2.85. The number of para-hydroxylation sites is 2. The van der Waals surface area contributed by atoms with Crippen LogP contribution in [-0.2, 0) is 9.59 Å². The lowest BCUT2D eigenvalue weighted by molar-refractivity contribution is -0.122. The fourth-order valence-corrected chi connectivity index (χ4v) is 2.85. The molecule has 0 fully saturated rings. The molecular weight excluding hydrogens is 324 g/mol. The summed E-state index contributed by atoms with van der Waals surface area (Å²) in [6.07, 6.45) is 2.73. The van der Waals surface area contributed by atoms with Gasteiger partial charge in [0, 0.05) is 30.8 Å². The standard InChI is InChI=1S/C22H28N2O2/c1-3-4-15-23-21(25)16-18(2)17-22(26)24(19-11-7-5-8-12-19)20-13-9-6-10-14-20/h5-14,18H,3-4,15-17H2,1-2H3,(H,23,25)/t18-/m0/s1. The van der Waals surface area contributed by atoms with Crippen LogP contribution < -0.4 is 10.2 Å². The number of nitrogens with zero attached hydrogens (tertiary/aromatic N) is 1. The molecule has 0 unspecified atom stereocenters. The number of anilines is 2. The van der Waals surface area contributed by atoms with Gasteiger partial charge in [-0.25, -0.2) is 0 Å². The molecule has 1 N–H and O–H groups in total. The first-order valence-corrected chi connectivity index (χ1v) is 9.31. The zero-order valence-electron chi connectivity index (χ0n) is 15.7. The SMILES string of the molecule is CCCCNC(=O)C[C@H](C)CC(=O)N(c1ccccc1)c1ccccc1. The summed E-state index contributed by atoms with van der Waals surface area (Å²) >= 11 is 0. The van der Waals surface area contributed by atoms with E-state index in [9.17, 15) is 9.59 Å². The Morgan fingerprint density at radius 1 is 0.923 bits per heavy atom. The number of nitrogens with one attached hydrogen (secondary N) is 1. The van der Waals surface area contributed by atoms with Gasteiger partial charge in [-0.2, -0.15) is 0 Å². The van der Waals surface area contributed by atoms with E-state index in [1.807, 2.05) is 67.6 Å². The van der Waals surface area contributed by atoms with Crippen molar-refractivity contribution in [3.63, 3.8) is 0 Å². The number of carbonyl (C=O) groups excluding carboxylic acids is 2. The summed E-state index contributed by atoms with van der Waals surface area (Å²) in [5.74, 6) is 0.0000291. The molecule has 2 rings (SSSR count). The van der Waals surface area contributed by atoms with Gasteiger partial charge in [-0.3, -0.25) is 14.5 Å². The maximum Gasteiger partial charge on any atom is 0.231 e. The lowest BCUT2D eigenvalue weighted by Gasteiger charge is -2.24. The minimum atomic E-state index is -0.0148. The van der Waals surface area contributed by atoms with Crippen LogP contribution in [0.5, 0.6) is 0 Å². The first kappa shape index (κ1) is 19.7. The molecule has 4 nitrogen and oxygen atoms in total. The van der Waals surface area contributed by atoms with E-state index in [4.69, 9.17) is 0 Å². The number of rotatable bonds is 9. The van der Waals surface area contributed by atoms with Crippen LogP contribution in [0.4, 0.5) is 11.4 Å². The maximum atomic E-state index is 13.0. The van der Waals surface area contributed by atoms with Crippen molar-refractivity contribution < 1.29 is 9.59 Å². The molecule has 0 heterocycles. The molecule has 2 aromatic carbocycles. The number of unbranched alkanes of at least 4 members (excludes halogenated alkanes) is 1. The smallest absolute Gasteiger partial charge is 0.231 e. The second-order valence-corrected chi connectivity index (χ2v) is 6.62. The Morgan fingerprint density at radius 3 is 1.96 bits per heavy atom. The van der Waals surface area contributed by atoms with Crippen molar-refractivity contribution in [3.05, 3.63) is 60.7 Å². The van der Waals surface area contributed by atoms with Gasteiger partial charge in [-0.15, -0.1) is 0 Å². The Bertz CT molecular complexity index is 646. The van der Waals surface area contributed by atoms with Gasteiger partial charge in [0.2, 0.25) is 11.8 Å². The van der Waals surface area contributed by atoms with Gasteiger partial charge in [0.1, 0.15) is 0 Å². The van der Waals surface area contributed by atoms with E-state index in [1.54, 1.807) is 4.90 Å². The predicted molar refractivity (Wildman–Crippen MR) is 106 cm³/mol. The van der Waals surface area contributed by atoms with Crippen molar-refractivity contribution in [3.8, 4) is 0 Å². The van der Waals surface area contributed by atoms with Crippen LogP contribution >= 0.6 is 0 Å². The molecule has 0 saturated carbocycles. The minimum Gasteiger partial charge on any atom is -0.356 e. The van der Waals surface area contributed by atoms with Crippen LogP contribution in [0.1, 0.15) is 39.5 Å². The normalized spacial score (nSPS) is 11.6. The molecular formula is C22H28N2O2. The highest BCUT2D eigenvalue weighted by Gasteiger charge is 2.21. The van der Waals surface area contributed by atoms with E-state index in [0.717, 1.165) is 24.2 Å². The molecule has 2 amide bonds. The third-order valence-electron chi connectivity index (χ3n) is 4.19. The van der Waals surface area contributed by atoms with Crippen molar-refractivity contribution >= 4 is 23.2 Å². The fraction of sp³-hybridized carbons (Fsp3) is 0.364. The Hall–Kier alpha value is -2.62. The van der Waals surface area contributed by atoms with Crippen molar-refractivity contribution in [1.82, 2.24) is 5.32 Å². The average molecular weight is 352 g/mol. The molecule has 26 heavy (non-hydrogen) atoms. The Labute approximate surface area is 156 Å². The summed E-state index contributed by atoms with van der Waals surface area (Å²) in [6.45, 7) is 4.75. The third-order valence-corrected chi connectivity index (χ3v) is 4.19. The number of benzene rings is 2. The first-order valence-electron chi connectivity index (χ1n) is 9.31. The quantitative estimate of drug-likeness (QED) is 0.666. The van der Waals surface area contributed by atoms with Crippen molar-refractivity contribution in [2.75, 3.05) is 11.4 Å². The van der Waals surface area contributed by atoms with Gasteiger partial charge >= 0.3 is 0 Å². The highest BCUT2D eigenvalue weighted by Crippen LogP contribution is 2.27. The minimum absolute atomic E-state index is 0.00346. The zero-order valence-corrected chi connectivity index (χ0v) is 15.7. The number of hydrogen-bond acceptors (Lipinski definition) is 2. The van der Waals surface area contributed by atoms with Crippen LogP contribution in [-0.4, -0.2) is 18.4 Å². The summed E-state index contributed by atoms with van der Waals surface area (Å²) < 4.78 is 0. The topological polar surface area (TPSA) is 49.4 Å². The van der Waals surface area contributed by atoms with E-state index in [0.29, 0.717) is 19.4 Å². The maximum absolute atomic E-state index is 13.0. The summed E-state index contributed by atoms with van der Waals surface area (Å²) in [5.41, 5.74) is 1.67. The molecule has 0 saturated heterocycles. The second kappa shape index (κ2) is 10.4. The summed E-state index contributed by atoms with van der Waals surface area (Å²) in [6, 6.07) is 19.2. The van der Waals surface area contributed by atoms with Crippen LogP contribution in [0.2, 0.25) is 0 Å². The van der Waals surface area contributed by atoms with Crippen LogP contribution in [0.15, 0.2) is 60.7 Å². The monoisotopic (exact) mass is 352 g/mol. The highest BCUT2D eigenvalue weighted by atomic mass is 16.2. The molecule has 0 aliphatic rings. The lowest BCUT2D eigenvalue weighted by Crippen LogP contribution is -2.30. The summed E-state index contributed by atoms with van der Waals surface area (Å²) in [7, 11) is 0. The first-order chi connectivity index (χ1) is 12.6. The largest absolute Gasteiger partial charge is 0.356 e. The molecule has 4 heteroatoms. The molecule has 2 aromatic rings. The molecule has 0 aromatic heterocycles. The van der Waals surface area contributed by atoms with Crippen molar-refractivity contribution in [2.24, 2.45) is 5.92 Å². The van der Waals surface area contributed by atoms with E-state index in [1.165, 1.54) is 0 Å². The van der Waals surface area contributed by atoms with Gasteiger partial charge in [0.15, 0.2) is 0 Å². The Morgan fingerprint density at radius 2 is 1.46 bits per heavy atom. The second-order valence-electron chi connectivity index (χ2n) is 6.62. The molecule has 138 valence electrons. The van der Waals surface area contributed by atoms with Crippen LogP contribution in [0.3, 0.4) is 0 Å². The molecule has 1 atom stereocenters. The van der Waals surface area contributed by atoms with Crippen LogP contribution in [0, 0.1) is 5.92 Å². The van der Waals surface area contributed by atoms with Gasteiger partial charge in [-0.1, -0.05) is 56.7 Å². The van der Waals surface area contributed by atoms with Gasteiger partial charge in [0.05, 0.1) is 0 Å². The molecule has 0 radical (unpaired) electrons. The van der Waals surface area contributed by atoms with E-state index < -0.39 is 0 Å². The van der Waals surface area contributed by atoms with Gasteiger partial charge < -0.3 is 5.32 Å². The van der Waals surface area contributed by atoms with Crippen molar-refractivity contribution in [1.29, 1.82) is 0 Å². The summed E-state index contributed by atoms with van der Waals surface area (Å²) in [5, 5.41) is 2.92. The van der Waals surface area contributed by atoms with E-state index in [-0.39, 0.29) is 17.7 Å². The predicted octanol–water partition coefficient (Wildman–Crippen LogP) is 4.68.